The molecule has 4 aromatic heterocycles. The van der Waals surface area contributed by atoms with Gasteiger partial charge in [0.25, 0.3) is 5.89 Å². The number of halogens is 2. The van der Waals surface area contributed by atoms with Gasteiger partial charge >= 0.3 is 12.4 Å². The van der Waals surface area contributed by atoms with Crippen molar-refractivity contribution in [3.63, 3.8) is 0 Å². The first-order valence-electron chi connectivity index (χ1n) is 8.47. The van der Waals surface area contributed by atoms with Gasteiger partial charge in [-0.05, 0) is 25.1 Å². The van der Waals surface area contributed by atoms with Crippen LogP contribution in [-0.2, 0) is 6.42 Å². The third kappa shape index (κ3) is 2.47. The molecule has 0 unspecified atom stereocenters. The highest BCUT2D eigenvalue weighted by molar-refractivity contribution is 5.52. The summed E-state index contributed by atoms with van der Waals surface area (Å²) in [6.07, 6.45) is -0.529. The number of anilines is 1. The first kappa shape index (κ1) is 15.9. The van der Waals surface area contributed by atoms with Crippen LogP contribution in [0.2, 0.25) is 0 Å². The molecule has 138 valence electrons. The van der Waals surface area contributed by atoms with Crippen LogP contribution in [0.15, 0.2) is 35.0 Å². The van der Waals surface area contributed by atoms with E-state index in [0.717, 1.165) is 28.3 Å². The molecular formula is C17H15F2N7O. The quantitative estimate of drug-likeness (QED) is 0.596. The molecule has 1 atom stereocenters. The summed E-state index contributed by atoms with van der Waals surface area (Å²) in [6, 6.07) is 7.47. The SMILES string of the molecule is Cc1cccc2cc([C@@H]3c4nc[nH]c4CCN3c3nnc(C(F)F)o3)nn12. The number of nitrogens with one attached hydrogen (secondary N) is 1. The fourth-order valence-electron chi connectivity index (χ4n) is 3.52. The number of alkyl halides is 2. The largest absolute Gasteiger partial charge is 0.402 e. The Balaban J connectivity index is 1.65. The van der Waals surface area contributed by atoms with Crippen LogP contribution in [0.3, 0.4) is 0 Å². The zero-order chi connectivity index (χ0) is 18.5. The molecule has 0 bridgehead atoms. The number of aromatic amines is 1. The van der Waals surface area contributed by atoms with Crippen LogP contribution in [0.1, 0.15) is 41.1 Å². The average molecular weight is 371 g/mol. The van der Waals surface area contributed by atoms with Crippen molar-refractivity contribution in [2.75, 3.05) is 11.4 Å². The molecule has 10 heteroatoms. The van der Waals surface area contributed by atoms with E-state index < -0.39 is 18.4 Å². The number of H-pyrrole nitrogens is 1. The molecule has 0 saturated heterocycles. The lowest BCUT2D eigenvalue weighted by Crippen LogP contribution is -2.37. The smallest absolute Gasteiger partial charge is 0.319 e. The Labute approximate surface area is 151 Å². The minimum atomic E-state index is -2.81. The van der Waals surface area contributed by atoms with Crippen LogP contribution in [0.25, 0.3) is 5.52 Å². The summed E-state index contributed by atoms with van der Waals surface area (Å²) >= 11 is 0. The molecule has 0 spiro atoms. The number of rotatable bonds is 3. The molecule has 1 aliphatic rings. The van der Waals surface area contributed by atoms with Gasteiger partial charge in [0.15, 0.2) is 0 Å². The maximum absolute atomic E-state index is 12.9. The molecule has 0 aromatic carbocycles. The van der Waals surface area contributed by atoms with E-state index in [1.54, 1.807) is 11.2 Å². The van der Waals surface area contributed by atoms with Crippen LogP contribution in [0.4, 0.5) is 14.8 Å². The number of aryl methyl sites for hydroxylation is 1. The number of fused-ring (bicyclic) bond motifs is 2. The van der Waals surface area contributed by atoms with E-state index in [1.807, 2.05) is 35.7 Å². The van der Waals surface area contributed by atoms with Crippen LogP contribution in [0, 0.1) is 6.92 Å². The molecule has 1 N–H and O–H groups in total. The third-order valence-corrected chi connectivity index (χ3v) is 4.76. The predicted molar refractivity (Wildman–Crippen MR) is 90.7 cm³/mol. The van der Waals surface area contributed by atoms with Crippen LogP contribution in [0.5, 0.6) is 0 Å². The summed E-state index contributed by atoms with van der Waals surface area (Å²) < 4.78 is 32.8. The van der Waals surface area contributed by atoms with Crippen molar-refractivity contribution >= 4 is 11.5 Å². The number of hydrogen-bond donors (Lipinski definition) is 1. The van der Waals surface area contributed by atoms with Gasteiger partial charge in [0.05, 0.1) is 23.2 Å². The predicted octanol–water partition coefficient (Wildman–Crippen LogP) is 2.84. The Hall–Kier alpha value is -3.30. The van der Waals surface area contributed by atoms with Gasteiger partial charge in [-0.25, -0.2) is 9.50 Å². The monoisotopic (exact) mass is 371 g/mol. The van der Waals surface area contributed by atoms with Crippen LogP contribution >= 0.6 is 0 Å². The summed E-state index contributed by atoms with van der Waals surface area (Å²) in [5.74, 6) is -0.692. The van der Waals surface area contributed by atoms with E-state index in [1.165, 1.54) is 0 Å². The van der Waals surface area contributed by atoms with E-state index in [9.17, 15) is 8.78 Å². The Morgan fingerprint density at radius 1 is 1.30 bits per heavy atom. The lowest BCUT2D eigenvalue weighted by molar-refractivity contribution is 0.115. The van der Waals surface area contributed by atoms with E-state index in [2.05, 4.69) is 20.2 Å². The van der Waals surface area contributed by atoms with Crippen molar-refractivity contribution in [2.24, 2.45) is 0 Å². The zero-order valence-corrected chi connectivity index (χ0v) is 14.3. The Morgan fingerprint density at radius 2 is 2.19 bits per heavy atom. The van der Waals surface area contributed by atoms with Gasteiger partial charge in [0, 0.05) is 24.4 Å². The molecule has 8 nitrogen and oxygen atoms in total. The van der Waals surface area contributed by atoms with Crippen LogP contribution in [-0.4, -0.2) is 36.3 Å². The van der Waals surface area contributed by atoms with Gasteiger partial charge in [-0.15, -0.1) is 5.10 Å². The second kappa shape index (κ2) is 5.86. The normalized spacial score (nSPS) is 17.0. The summed E-state index contributed by atoms with van der Waals surface area (Å²) in [6.45, 7) is 2.48. The standard InChI is InChI=1S/C17H15F2N7O/c1-9-3-2-4-10-7-12(24-26(9)10)14-13-11(20-8-21-13)5-6-25(14)17-23-22-16(27-17)15(18)19/h2-4,7-8,14-15H,5-6H2,1H3,(H,20,21)/t14-/m1/s1. The molecule has 1 aliphatic heterocycles. The minimum Gasteiger partial charge on any atom is -0.402 e. The average Bonchev–Trinajstić information content (AvgIpc) is 3.39. The maximum Gasteiger partial charge on any atom is 0.319 e. The summed E-state index contributed by atoms with van der Waals surface area (Å²) in [7, 11) is 0. The van der Waals surface area contributed by atoms with E-state index in [0.29, 0.717) is 13.0 Å². The lowest BCUT2D eigenvalue weighted by atomic mass is 10.0. The van der Waals surface area contributed by atoms with Gasteiger partial charge in [0.2, 0.25) is 0 Å². The molecule has 0 radical (unpaired) electrons. The molecule has 0 amide bonds. The minimum absolute atomic E-state index is 0.0396. The van der Waals surface area contributed by atoms with Gasteiger partial charge in [0.1, 0.15) is 6.04 Å². The highest BCUT2D eigenvalue weighted by atomic mass is 19.3. The van der Waals surface area contributed by atoms with Crippen LogP contribution < -0.4 is 4.90 Å². The molecule has 0 aliphatic carbocycles. The van der Waals surface area contributed by atoms with Gasteiger partial charge in [-0.3, -0.25) is 0 Å². The zero-order valence-electron chi connectivity index (χ0n) is 14.3. The molecule has 5 rings (SSSR count). The first-order chi connectivity index (χ1) is 13.1. The number of imidazole rings is 1. The number of pyridine rings is 1. The number of aromatic nitrogens is 6. The van der Waals surface area contributed by atoms with Crippen molar-refractivity contribution in [3.05, 3.63) is 59.3 Å². The number of hydrogen-bond acceptors (Lipinski definition) is 6. The van der Waals surface area contributed by atoms with Crippen molar-refractivity contribution < 1.29 is 13.2 Å². The van der Waals surface area contributed by atoms with E-state index in [-0.39, 0.29) is 6.01 Å². The lowest BCUT2D eigenvalue weighted by Gasteiger charge is -2.32. The molecular weight excluding hydrogens is 356 g/mol. The highest BCUT2D eigenvalue weighted by Crippen LogP contribution is 2.36. The van der Waals surface area contributed by atoms with Gasteiger partial charge in [-0.1, -0.05) is 11.2 Å². The highest BCUT2D eigenvalue weighted by Gasteiger charge is 2.36. The van der Waals surface area contributed by atoms with Crippen molar-refractivity contribution in [3.8, 4) is 0 Å². The second-order valence-corrected chi connectivity index (χ2v) is 6.41. The fourth-order valence-corrected chi connectivity index (χ4v) is 3.52. The van der Waals surface area contributed by atoms with Gasteiger partial charge < -0.3 is 14.3 Å². The summed E-state index contributed by atoms with van der Waals surface area (Å²) in [5.41, 5.74) is 4.42. The topological polar surface area (TPSA) is 88.1 Å². The summed E-state index contributed by atoms with van der Waals surface area (Å²) in [4.78, 5) is 9.36. The van der Waals surface area contributed by atoms with Crippen molar-refractivity contribution in [2.45, 2.75) is 25.8 Å². The molecule has 5 heterocycles. The molecule has 0 saturated carbocycles. The number of nitrogens with zero attached hydrogens (tertiary/aromatic N) is 6. The van der Waals surface area contributed by atoms with Crippen molar-refractivity contribution in [1.82, 2.24) is 29.8 Å². The maximum atomic E-state index is 12.9. The van der Waals surface area contributed by atoms with E-state index >= 15 is 0 Å². The Kier molecular flexibility index (Phi) is 3.46. The van der Waals surface area contributed by atoms with Gasteiger partial charge in [-0.2, -0.15) is 13.9 Å². The first-order valence-corrected chi connectivity index (χ1v) is 8.47. The molecule has 27 heavy (non-hydrogen) atoms. The fraction of sp³-hybridized carbons (Fsp3) is 0.294. The molecule has 0 fully saturated rings. The van der Waals surface area contributed by atoms with E-state index in [4.69, 9.17) is 9.52 Å². The van der Waals surface area contributed by atoms with Crippen molar-refractivity contribution in [1.29, 1.82) is 0 Å². The molecule has 4 aromatic rings. The third-order valence-electron chi connectivity index (χ3n) is 4.76. The summed E-state index contributed by atoms with van der Waals surface area (Å²) in [5, 5.41) is 12.0. The Morgan fingerprint density at radius 3 is 2.96 bits per heavy atom. The second-order valence-electron chi connectivity index (χ2n) is 6.41. The Bertz CT molecular complexity index is 1120.